The van der Waals surface area contributed by atoms with E-state index in [2.05, 4.69) is 4.74 Å². The lowest BCUT2D eigenvalue weighted by Gasteiger charge is -2.13. The van der Waals surface area contributed by atoms with Gasteiger partial charge in [0, 0.05) is 5.56 Å². The van der Waals surface area contributed by atoms with Gasteiger partial charge in [-0.1, -0.05) is 6.07 Å². The van der Waals surface area contributed by atoms with Gasteiger partial charge >= 0.3 is 11.9 Å². The van der Waals surface area contributed by atoms with Gasteiger partial charge in [0.15, 0.2) is 0 Å². The maximum absolute atomic E-state index is 11.3. The molecule has 0 amide bonds. The number of carboxylic acids is 1. The van der Waals surface area contributed by atoms with Crippen LogP contribution in [0.15, 0.2) is 12.1 Å². The summed E-state index contributed by atoms with van der Waals surface area (Å²) < 4.78 is 4.44. The van der Waals surface area contributed by atoms with Crippen LogP contribution in [-0.4, -0.2) is 29.3 Å². The van der Waals surface area contributed by atoms with Crippen molar-refractivity contribution in [3.05, 3.63) is 28.8 Å². The molecule has 0 saturated heterocycles. The van der Waals surface area contributed by atoms with Crippen molar-refractivity contribution < 1.29 is 24.5 Å². The molecular weight excluding hydrogens is 262 g/mol. The van der Waals surface area contributed by atoms with E-state index in [1.807, 2.05) is 0 Å². The number of aryl methyl sites for hydroxylation is 1. The van der Waals surface area contributed by atoms with Gasteiger partial charge in [-0.15, -0.1) is 12.4 Å². The van der Waals surface area contributed by atoms with Gasteiger partial charge < -0.3 is 20.7 Å². The minimum atomic E-state index is -1.29. The highest BCUT2D eigenvalue weighted by Gasteiger charge is 2.23. The van der Waals surface area contributed by atoms with Crippen molar-refractivity contribution >= 4 is 24.3 Å². The van der Waals surface area contributed by atoms with Gasteiger partial charge in [0.25, 0.3) is 0 Å². The topological polar surface area (TPSA) is 110 Å². The largest absolute Gasteiger partial charge is 0.507 e. The summed E-state index contributed by atoms with van der Waals surface area (Å²) in [5.41, 5.74) is 5.88. The van der Waals surface area contributed by atoms with Crippen molar-refractivity contribution in [2.75, 3.05) is 7.11 Å². The Hall–Kier alpha value is -1.79. The fraction of sp³-hybridized carbons (Fsp3) is 0.273. The molecule has 0 spiro atoms. The number of esters is 1. The molecule has 1 atom stereocenters. The second kappa shape index (κ2) is 6.23. The van der Waals surface area contributed by atoms with E-state index >= 15 is 0 Å². The normalized spacial score (nSPS) is 11.3. The van der Waals surface area contributed by atoms with E-state index in [0.29, 0.717) is 5.56 Å². The highest BCUT2D eigenvalue weighted by Crippen LogP contribution is 2.29. The van der Waals surface area contributed by atoms with Crippen LogP contribution in [0.1, 0.15) is 27.5 Å². The number of aromatic hydroxyl groups is 1. The molecule has 0 bridgehead atoms. The molecular formula is C11H14ClNO5. The predicted molar refractivity (Wildman–Crippen MR) is 66.0 cm³/mol. The highest BCUT2D eigenvalue weighted by molar-refractivity contribution is 5.92. The number of carboxylic acid groups (broad SMARTS) is 1. The molecule has 1 aromatic rings. The van der Waals surface area contributed by atoms with E-state index < -0.39 is 23.7 Å². The molecule has 0 aromatic heterocycles. The summed E-state index contributed by atoms with van der Waals surface area (Å²) in [6, 6.07) is 1.53. The second-order valence-corrected chi connectivity index (χ2v) is 3.56. The first-order chi connectivity index (χ1) is 7.88. The van der Waals surface area contributed by atoms with Gasteiger partial charge in [0.2, 0.25) is 0 Å². The van der Waals surface area contributed by atoms with Gasteiger partial charge in [-0.3, -0.25) is 4.79 Å². The molecule has 0 unspecified atom stereocenters. The van der Waals surface area contributed by atoms with Crippen LogP contribution in [0, 0.1) is 6.92 Å². The summed E-state index contributed by atoms with van der Waals surface area (Å²) in [5, 5.41) is 18.6. The van der Waals surface area contributed by atoms with Crippen molar-refractivity contribution in [3.8, 4) is 5.75 Å². The van der Waals surface area contributed by atoms with Gasteiger partial charge in [0.1, 0.15) is 17.4 Å². The van der Waals surface area contributed by atoms with Crippen LogP contribution in [-0.2, 0) is 9.53 Å². The van der Waals surface area contributed by atoms with Crippen LogP contribution < -0.4 is 5.73 Å². The van der Waals surface area contributed by atoms with Gasteiger partial charge in [-0.2, -0.15) is 0 Å². The molecule has 0 aliphatic rings. The average Bonchev–Trinajstić information content (AvgIpc) is 2.29. The summed E-state index contributed by atoms with van der Waals surface area (Å²) in [7, 11) is 1.16. The molecule has 7 heteroatoms. The monoisotopic (exact) mass is 275 g/mol. The Bertz CT molecular complexity index is 475. The van der Waals surface area contributed by atoms with Crippen LogP contribution in [0.5, 0.6) is 5.75 Å². The molecule has 0 radical (unpaired) electrons. The zero-order chi connectivity index (χ0) is 13.2. The summed E-state index contributed by atoms with van der Waals surface area (Å²) in [4.78, 5) is 22.1. The minimum absolute atomic E-state index is 0. The fourth-order valence-corrected chi connectivity index (χ4v) is 1.46. The van der Waals surface area contributed by atoms with Gasteiger partial charge in [-0.05, 0) is 18.6 Å². The molecule has 4 N–H and O–H groups in total. The van der Waals surface area contributed by atoms with Crippen LogP contribution >= 0.6 is 12.4 Å². The van der Waals surface area contributed by atoms with E-state index in [-0.39, 0.29) is 23.5 Å². The number of methoxy groups -OCH3 is 1. The lowest BCUT2D eigenvalue weighted by Crippen LogP contribution is -2.23. The number of ether oxygens (including phenoxy) is 1. The molecule has 0 aliphatic heterocycles. The van der Waals surface area contributed by atoms with Crippen molar-refractivity contribution in [2.45, 2.75) is 13.0 Å². The standard InChI is InChI=1S/C11H13NO5.ClH/c1-5-3-6(8(12)11(16)17-2)9(13)7(4-5)10(14)15;/h3-4,8,13H,12H2,1-2H3,(H,14,15);1H/t8-;/m1./s1. The van der Waals surface area contributed by atoms with E-state index in [1.54, 1.807) is 6.92 Å². The van der Waals surface area contributed by atoms with Gasteiger partial charge in [0.05, 0.1) is 7.11 Å². The molecule has 100 valence electrons. The first kappa shape index (κ1) is 16.2. The quantitative estimate of drug-likeness (QED) is 0.710. The Kier molecular flexibility index (Phi) is 5.61. The molecule has 0 heterocycles. The lowest BCUT2D eigenvalue weighted by atomic mass is 9.99. The van der Waals surface area contributed by atoms with Crippen LogP contribution in [0.25, 0.3) is 0 Å². The second-order valence-electron chi connectivity index (χ2n) is 3.56. The molecule has 1 rings (SSSR count). The Morgan fingerprint density at radius 1 is 1.39 bits per heavy atom. The average molecular weight is 276 g/mol. The number of aromatic carboxylic acids is 1. The first-order valence-corrected chi connectivity index (χ1v) is 4.78. The maximum Gasteiger partial charge on any atom is 0.339 e. The van der Waals surface area contributed by atoms with Crippen molar-refractivity contribution in [1.29, 1.82) is 0 Å². The van der Waals surface area contributed by atoms with E-state index in [9.17, 15) is 14.7 Å². The Balaban J connectivity index is 0.00000289. The van der Waals surface area contributed by atoms with Gasteiger partial charge in [-0.25, -0.2) is 4.79 Å². The zero-order valence-corrected chi connectivity index (χ0v) is 10.7. The fourth-order valence-electron chi connectivity index (χ4n) is 1.46. The molecule has 1 aromatic carbocycles. The number of nitrogens with two attached hydrogens (primary N) is 1. The molecule has 18 heavy (non-hydrogen) atoms. The first-order valence-electron chi connectivity index (χ1n) is 4.78. The number of carbonyl (C=O) groups excluding carboxylic acids is 1. The lowest BCUT2D eigenvalue weighted by molar-refractivity contribution is -0.142. The SMILES string of the molecule is COC(=O)[C@H](N)c1cc(C)cc(C(=O)O)c1O.Cl. The molecule has 0 fully saturated rings. The van der Waals surface area contributed by atoms with E-state index in [1.165, 1.54) is 12.1 Å². The molecule has 0 saturated carbocycles. The Labute approximate surface area is 110 Å². The summed E-state index contributed by atoms with van der Waals surface area (Å²) in [6.45, 7) is 1.64. The zero-order valence-electron chi connectivity index (χ0n) is 9.84. The number of halogens is 1. The number of hydrogen-bond acceptors (Lipinski definition) is 5. The third kappa shape index (κ3) is 3.12. The number of carbonyl (C=O) groups is 2. The van der Waals surface area contributed by atoms with E-state index in [4.69, 9.17) is 10.8 Å². The predicted octanol–water partition coefficient (Wildman–Crippen LogP) is 0.993. The molecule has 0 aliphatic carbocycles. The summed E-state index contributed by atoms with van der Waals surface area (Å²) >= 11 is 0. The Morgan fingerprint density at radius 2 is 1.94 bits per heavy atom. The third-order valence-corrected chi connectivity index (χ3v) is 2.30. The number of hydrogen-bond donors (Lipinski definition) is 3. The summed E-state index contributed by atoms with van der Waals surface area (Å²) in [5.74, 6) is -2.55. The minimum Gasteiger partial charge on any atom is -0.507 e. The third-order valence-electron chi connectivity index (χ3n) is 2.30. The number of benzene rings is 1. The smallest absolute Gasteiger partial charge is 0.339 e. The number of rotatable bonds is 3. The van der Waals surface area contributed by atoms with Crippen molar-refractivity contribution in [1.82, 2.24) is 0 Å². The summed E-state index contributed by atoms with van der Waals surface area (Å²) in [6.07, 6.45) is 0. The molecule has 6 nitrogen and oxygen atoms in total. The van der Waals surface area contributed by atoms with Crippen molar-refractivity contribution in [3.63, 3.8) is 0 Å². The Morgan fingerprint density at radius 3 is 2.39 bits per heavy atom. The van der Waals surface area contributed by atoms with Crippen LogP contribution in [0.2, 0.25) is 0 Å². The van der Waals surface area contributed by atoms with Crippen LogP contribution in [0.4, 0.5) is 0 Å². The van der Waals surface area contributed by atoms with E-state index in [0.717, 1.165) is 7.11 Å². The number of phenols is 1. The van der Waals surface area contributed by atoms with Crippen LogP contribution in [0.3, 0.4) is 0 Å². The maximum atomic E-state index is 11.3. The highest BCUT2D eigenvalue weighted by atomic mass is 35.5. The van der Waals surface area contributed by atoms with Crippen molar-refractivity contribution in [2.24, 2.45) is 5.73 Å².